The van der Waals surface area contributed by atoms with Crippen molar-refractivity contribution in [3.05, 3.63) is 67.0 Å². The van der Waals surface area contributed by atoms with E-state index in [-0.39, 0.29) is 11.1 Å². The molecule has 2 aliphatic rings. The smallest absolute Gasteiger partial charge is 0.260 e. The average molecular weight is 490 g/mol. The van der Waals surface area contributed by atoms with Gasteiger partial charge in [0.2, 0.25) is 0 Å². The SMILES string of the molecule is O=S(=O)(c1cc2ccccc2cn1)N1CCCC1CCN1CCN(c2cccc3[nH]ccc23)CC1. The Kier molecular flexibility index (Phi) is 5.96. The lowest BCUT2D eigenvalue weighted by atomic mass is 10.1. The zero-order chi connectivity index (χ0) is 23.8. The van der Waals surface area contributed by atoms with Crippen LogP contribution in [0.25, 0.3) is 21.7 Å². The van der Waals surface area contributed by atoms with E-state index >= 15 is 0 Å². The Hall–Kier alpha value is -2.94. The second-order valence-electron chi connectivity index (χ2n) is 9.61. The molecule has 2 fully saturated rings. The lowest BCUT2D eigenvalue weighted by Gasteiger charge is -2.37. The van der Waals surface area contributed by atoms with Crippen molar-refractivity contribution in [1.82, 2.24) is 19.2 Å². The van der Waals surface area contributed by atoms with Gasteiger partial charge >= 0.3 is 0 Å². The van der Waals surface area contributed by atoms with Crippen molar-refractivity contribution < 1.29 is 8.42 Å². The minimum atomic E-state index is -3.60. The van der Waals surface area contributed by atoms with Crippen LogP contribution < -0.4 is 4.90 Å². The Balaban J connectivity index is 1.09. The highest BCUT2D eigenvalue weighted by Gasteiger charge is 2.36. The summed E-state index contributed by atoms with van der Waals surface area (Å²) in [5.41, 5.74) is 2.47. The zero-order valence-electron chi connectivity index (χ0n) is 19.8. The number of hydrogen-bond acceptors (Lipinski definition) is 5. The van der Waals surface area contributed by atoms with Crippen LogP contribution >= 0.6 is 0 Å². The molecule has 1 N–H and O–H groups in total. The number of nitrogens with zero attached hydrogens (tertiary/aromatic N) is 4. The Labute approximate surface area is 206 Å². The zero-order valence-corrected chi connectivity index (χ0v) is 20.6. The number of H-pyrrole nitrogens is 1. The number of aromatic nitrogens is 2. The Bertz CT molecular complexity index is 1440. The minimum absolute atomic E-state index is 0.0416. The molecular formula is C27H31N5O2S. The van der Waals surface area contributed by atoms with E-state index in [0.29, 0.717) is 6.54 Å². The molecular weight excluding hydrogens is 458 g/mol. The van der Waals surface area contributed by atoms with Crippen molar-refractivity contribution in [2.45, 2.75) is 30.3 Å². The van der Waals surface area contributed by atoms with Gasteiger partial charge in [0.05, 0.1) is 0 Å². The molecule has 0 amide bonds. The summed E-state index contributed by atoms with van der Waals surface area (Å²) in [6.45, 7) is 5.45. The van der Waals surface area contributed by atoms with Gasteiger partial charge in [0.25, 0.3) is 10.0 Å². The van der Waals surface area contributed by atoms with E-state index in [1.807, 2.05) is 30.5 Å². The first-order valence-corrected chi connectivity index (χ1v) is 13.9. The van der Waals surface area contributed by atoms with E-state index in [1.54, 1.807) is 16.6 Å². The van der Waals surface area contributed by atoms with Crippen LogP contribution in [0.5, 0.6) is 0 Å². The van der Waals surface area contributed by atoms with Crippen LogP contribution in [0, 0.1) is 0 Å². The fraction of sp³-hybridized carbons (Fsp3) is 0.370. The van der Waals surface area contributed by atoms with Crippen LogP contribution in [0.2, 0.25) is 0 Å². The molecule has 0 aliphatic carbocycles. The maximum absolute atomic E-state index is 13.5. The maximum Gasteiger partial charge on any atom is 0.260 e. The minimum Gasteiger partial charge on any atom is -0.368 e. The highest BCUT2D eigenvalue weighted by molar-refractivity contribution is 7.89. The molecule has 35 heavy (non-hydrogen) atoms. The van der Waals surface area contributed by atoms with Crippen molar-refractivity contribution in [2.75, 3.05) is 44.2 Å². The highest BCUT2D eigenvalue weighted by atomic mass is 32.2. The molecule has 182 valence electrons. The highest BCUT2D eigenvalue weighted by Crippen LogP contribution is 2.30. The summed E-state index contributed by atoms with van der Waals surface area (Å²) in [6, 6.07) is 18.1. The van der Waals surface area contributed by atoms with Gasteiger partial charge in [-0.05, 0) is 55.5 Å². The van der Waals surface area contributed by atoms with Gasteiger partial charge < -0.3 is 9.88 Å². The van der Waals surface area contributed by atoms with Gasteiger partial charge in [-0.15, -0.1) is 0 Å². The summed E-state index contributed by atoms with van der Waals surface area (Å²) in [7, 11) is -3.60. The van der Waals surface area contributed by atoms with Gasteiger partial charge in [0.1, 0.15) is 0 Å². The second kappa shape index (κ2) is 9.26. The predicted molar refractivity (Wildman–Crippen MR) is 140 cm³/mol. The fourth-order valence-electron chi connectivity index (χ4n) is 5.63. The number of aromatic amines is 1. The van der Waals surface area contributed by atoms with E-state index in [2.05, 4.69) is 44.0 Å². The van der Waals surface area contributed by atoms with Crippen molar-refractivity contribution in [3.8, 4) is 0 Å². The molecule has 2 saturated heterocycles. The molecule has 0 radical (unpaired) electrons. The van der Waals surface area contributed by atoms with Crippen molar-refractivity contribution in [1.29, 1.82) is 0 Å². The number of nitrogens with one attached hydrogen (secondary N) is 1. The Morgan fingerprint density at radius 3 is 2.63 bits per heavy atom. The number of sulfonamides is 1. The lowest BCUT2D eigenvalue weighted by Crippen LogP contribution is -2.47. The monoisotopic (exact) mass is 489 g/mol. The molecule has 1 unspecified atom stereocenters. The van der Waals surface area contributed by atoms with Crippen LogP contribution in [-0.4, -0.2) is 72.9 Å². The quantitative estimate of drug-likeness (QED) is 0.442. The summed E-state index contributed by atoms with van der Waals surface area (Å²) in [5.74, 6) is 0. The topological polar surface area (TPSA) is 72.5 Å². The Morgan fingerprint density at radius 2 is 1.77 bits per heavy atom. The molecule has 1 atom stereocenters. The van der Waals surface area contributed by atoms with Gasteiger partial charge in [0.15, 0.2) is 5.03 Å². The molecule has 7 nitrogen and oxygen atoms in total. The number of anilines is 1. The van der Waals surface area contributed by atoms with Gasteiger partial charge in [-0.3, -0.25) is 4.90 Å². The Morgan fingerprint density at radius 1 is 0.943 bits per heavy atom. The van der Waals surface area contributed by atoms with Crippen LogP contribution in [0.3, 0.4) is 0 Å². The average Bonchev–Trinajstić information content (AvgIpc) is 3.57. The van der Waals surface area contributed by atoms with E-state index < -0.39 is 10.0 Å². The van der Waals surface area contributed by atoms with Gasteiger partial charge in [-0.25, -0.2) is 13.4 Å². The van der Waals surface area contributed by atoms with Crippen molar-refractivity contribution in [2.24, 2.45) is 0 Å². The molecule has 4 aromatic rings. The molecule has 2 aliphatic heterocycles. The fourth-order valence-corrected chi connectivity index (χ4v) is 7.30. The third-order valence-electron chi connectivity index (χ3n) is 7.57. The molecule has 6 rings (SSSR count). The van der Waals surface area contributed by atoms with Crippen LogP contribution in [0.15, 0.2) is 72.0 Å². The lowest BCUT2D eigenvalue weighted by molar-refractivity contribution is 0.232. The molecule has 0 spiro atoms. The summed E-state index contributed by atoms with van der Waals surface area (Å²) in [4.78, 5) is 12.6. The summed E-state index contributed by atoms with van der Waals surface area (Å²) >= 11 is 0. The molecule has 0 saturated carbocycles. The van der Waals surface area contributed by atoms with E-state index in [4.69, 9.17) is 0 Å². The van der Waals surface area contributed by atoms with Gasteiger partial charge in [0, 0.05) is 73.1 Å². The molecule has 8 heteroatoms. The predicted octanol–water partition coefficient (Wildman–Crippen LogP) is 4.08. The van der Waals surface area contributed by atoms with E-state index in [0.717, 1.165) is 62.8 Å². The van der Waals surface area contributed by atoms with Crippen LogP contribution in [0.1, 0.15) is 19.3 Å². The first-order valence-electron chi connectivity index (χ1n) is 12.5. The molecule has 2 aromatic heterocycles. The maximum atomic E-state index is 13.5. The number of pyridine rings is 1. The standard InChI is InChI=1S/C27H31N5O2S/c33-35(34,27-19-21-5-1-2-6-22(21)20-29-27)32-13-4-7-23(32)11-14-30-15-17-31(18-16-30)26-9-3-8-25-24(26)10-12-28-25/h1-3,5-6,8-10,12,19-20,23,28H,4,7,11,13-18H2. The van der Waals surface area contributed by atoms with Crippen molar-refractivity contribution >= 4 is 37.4 Å². The normalized spacial score (nSPS) is 20.2. The summed E-state index contributed by atoms with van der Waals surface area (Å²) in [6.07, 6.45) is 6.36. The number of fused-ring (bicyclic) bond motifs is 2. The summed E-state index contributed by atoms with van der Waals surface area (Å²) in [5, 5.41) is 3.30. The third-order valence-corrected chi connectivity index (χ3v) is 9.42. The molecule has 2 aromatic carbocycles. The van der Waals surface area contributed by atoms with Gasteiger partial charge in [-0.1, -0.05) is 30.3 Å². The number of rotatable bonds is 6. The summed E-state index contributed by atoms with van der Waals surface area (Å²) < 4.78 is 28.6. The second-order valence-corrected chi connectivity index (χ2v) is 11.5. The first kappa shape index (κ1) is 22.5. The van der Waals surface area contributed by atoms with Gasteiger partial charge in [-0.2, -0.15) is 4.31 Å². The number of hydrogen-bond donors (Lipinski definition) is 1. The van der Waals surface area contributed by atoms with E-state index in [1.165, 1.54) is 16.6 Å². The first-order chi connectivity index (χ1) is 17.1. The number of piperazine rings is 1. The third kappa shape index (κ3) is 4.30. The molecule has 4 heterocycles. The van der Waals surface area contributed by atoms with Crippen molar-refractivity contribution in [3.63, 3.8) is 0 Å². The largest absolute Gasteiger partial charge is 0.368 e. The van der Waals surface area contributed by atoms with E-state index in [9.17, 15) is 8.42 Å². The van der Waals surface area contributed by atoms with Crippen LogP contribution in [-0.2, 0) is 10.0 Å². The number of benzene rings is 2. The molecule has 0 bridgehead atoms. The van der Waals surface area contributed by atoms with Crippen LogP contribution in [0.4, 0.5) is 5.69 Å².